The van der Waals surface area contributed by atoms with Gasteiger partial charge >= 0.3 is 0 Å². The van der Waals surface area contributed by atoms with Crippen LogP contribution in [0.2, 0.25) is 0 Å². The topological polar surface area (TPSA) is 57.8 Å². The Morgan fingerprint density at radius 1 is 1.12 bits per heavy atom. The van der Waals surface area contributed by atoms with E-state index in [1.165, 1.54) is 5.56 Å². The molecule has 2 N–H and O–H groups in total. The van der Waals surface area contributed by atoms with Crippen molar-refractivity contribution in [2.75, 3.05) is 0 Å². The first-order valence-electron chi connectivity index (χ1n) is 8.27. The molecule has 0 fully saturated rings. The van der Waals surface area contributed by atoms with Gasteiger partial charge in [-0.3, -0.25) is 9.89 Å². The number of fused-ring (bicyclic) bond motifs is 1. The lowest BCUT2D eigenvalue weighted by molar-refractivity contribution is 0.0931. The van der Waals surface area contributed by atoms with Gasteiger partial charge in [-0.25, -0.2) is 0 Å². The lowest BCUT2D eigenvalue weighted by Crippen LogP contribution is -2.37. The fourth-order valence-electron chi connectivity index (χ4n) is 3.25. The molecule has 1 amide bonds. The van der Waals surface area contributed by atoms with E-state index in [9.17, 15) is 4.79 Å². The molecule has 4 nitrogen and oxygen atoms in total. The number of rotatable bonds is 5. The Labute approximate surface area is 142 Å². The molecule has 0 aliphatic rings. The van der Waals surface area contributed by atoms with E-state index in [4.69, 9.17) is 0 Å². The molecule has 0 spiro atoms. The molecule has 0 aliphatic carbocycles. The van der Waals surface area contributed by atoms with Crippen LogP contribution in [0.4, 0.5) is 0 Å². The summed E-state index contributed by atoms with van der Waals surface area (Å²) >= 11 is 0. The molecular weight excluding hydrogens is 298 g/mol. The normalized spacial score (nSPS) is 13.0. The van der Waals surface area contributed by atoms with Gasteiger partial charge in [-0.15, -0.1) is 0 Å². The number of para-hydroxylation sites is 1. The lowest BCUT2D eigenvalue weighted by atomic mass is 9.79. The third-order valence-corrected chi connectivity index (χ3v) is 4.43. The predicted octanol–water partition coefficient (Wildman–Crippen LogP) is 4.05. The molecule has 1 aromatic heterocycles. The first-order chi connectivity index (χ1) is 11.5. The minimum absolute atomic E-state index is 0.0123. The first-order valence-corrected chi connectivity index (χ1v) is 8.27. The number of H-pyrrole nitrogens is 1. The van der Waals surface area contributed by atoms with Crippen molar-refractivity contribution in [3.8, 4) is 0 Å². The van der Waals surface area contributed by atoms with E-state index in [-0.39, 0.29) is 17.4 Å². The Hall–Kier alpha value is -2.62. The van der Waals surface area contributed by atoms with Crippen molar-refractivity contribution in [3.05, 3.63) is 65.9 Å². The second-order valence-corrected chi connectivity index (χ2v) is 6.95. The number of nitrogens with zero attached hydrogens (tertiary/aromatic N) is 1. The molecule has 0 saturated carbocycles. The molecule has 0 radical (unpaired) electrons. The smallest absolute Gasteiger partial charge is 0.272 e. The quantitative estimate of drug-likeness (QED) is 0.745. The number of aromatic amines is 1. The summed E-state index contributed by atoms with van der Waals surface area (Å²) in [5, 5.41) is 11.0. The molecule has 0 unspecified atom stereocenters. The summed E-state index contributed by atoms with van der Waals surface area (Å²) in [5.41, 5.74) is 2.59. The minimum Gasteiger partial charge on any atom is -0.348 e. The maximum Gasteiger partial charge on any atom is 0.272 e. The number of benzene rings is 2. The Morgan fingerprint density at radius 3 is 2.54 bits per heavy atom. The zero-order valence-electron chi connectivity index (χ0n) is 14.3. The summed E-state index contributed by atoms with van der Waals surface area (Å²) in [6, 6.07) is 18.1. The average Bonchev–Trinajstić information content (AvgIpc) is 2.99. The van der Waals surface area contributed by atoms with Gasteiger partial charge in [0, 0.05) is 11.4 Å². The van der Waals surface area contributed by atoms with E-state index >= 15 is 0 Å². The van der Waals surface area contributed by atoms with Gasteiger partial charge < -0.3 is 5.32 Å². The number of hydrogen-bond acceptors (Lipinski definition) is 2. The molecule has 4 heteroatoms. The van der Waals surface area contributed by atoms with Crippen molar-refractivity contribution in [2.45, 2.75) is 38.6 Å². The van der Waals surface area contributed by atoms with Crippen LogP contribution in [0, 0.1) is 0 Å². The number of carbonyl (C=O) groups is 1. The van der Waals surface area contributed by atoms with E-state index in [1.807, 2.05) is 37.3 Å². The van der Waals surface area contributed by atoms with Crippen molar-refractivity contribution >= 4 is 16.8 Å². The summed E-state index contributed by atoms with van der Waals surface area (Å²) in [6.07, 6.45) is 0.852. The highest BCUT2D eigenvalue weighted by Gasteiger charge is 2.25. The van der Waals surface area contributed by atoms with Crippen LogP contribution in [-0.2, 0) is 5.41 Å². The first kappa shape index (κ1) is 16.2. The summed E-state index contributed by atoms with van der Waals surface area (Å²) in [5.74, 6) is -0.135. The van der Waals surface area contributed by atoms with Crippen LogP contribution in [0.15, 0.2) is 54.6 Å². The van der Waals surface area contributed by atoms with E-state index in [0.29, 0.717) is 5.69 Å². The van der Waals surface area contributed by atoms with Crippen LogP contribution >= 0.6 is 0 Å². The number of hydrogen-bond donors (Lipinski definition) is 2. The van der Waals surface area contributed by atoms with Crippen molar-refractivity contribution in [1.82, 2.24) is 15.5 Å². The predicted molar refractivity (Wildman–Crippen MR) is 97.1 cm³/mol. The largest absolute Gasteiger partial charge is 0.348 e. The van der Waals surface area contributed by atoms with Crippen molar-refractivity contribution < 1.29 is 4.79 Å². The van der Waals surface area contributed by atoms with Gasteiger partial charge in [0.25, 0.3) is 5.91 Å². The molecule has 24 heavy (non-hydrogen) atoms. The van der Waals surface area contributed by atoms with Crippen LogP contribution in [0.1, 0.15) is 43.2 Å². The SMILES string of the molecule is C[C@@H](CC(C)(C)c1ccccc1)NC(=O)c1n[nH]c2ccccc12. The molecular formula is C20H23N3O. The number of amides is 1. The summed E-state index contributed by atoms with van der Waals surface area (Å²) in [6.45, 7) is 6.45. The van der Waals surface area contributed by atoms with Crippen LogP contribution in [-0.4, -0.2) is 22.1 Å². The van der Waals surface area contributed by atoms with Gasteiger partial charge in [-0.2, -0.15) is 5.10 Å². The number of aromatic nitrogens is 2. The Balaban J connectivity index is 1.70. The maximum absolute atomic E-state index is 12.6. The monoisotopic (exact) mass is 321 g/mol. The summed E-state index contributed by atoms with van der Waals surface area (Å²) in [4.78, 5) is 12.6. The van der Waals surface area contributed by atoms with Gasteiger partial charge in [-0.1, -0.05) is 62.4 Å². The van der Waals surface area contributed by atoms with Gasteiger partial charge in [0.2, 0.25) is 0 Å². The fourth-order valence-corrected chi connectivity index (χ4v) is 3.25. The highest BCUT2D eigenvalue weighted by molar-refractivity contribution is 6.04. The maximum atomic E-state index is 12.6. The molecule has 1 atom stereocenters. The number of nitrogens with one attached hydrogen (secondary N) is 2. The van der Waals surface area contributed by atoms with Crippen molar-refractivity contribution in [1.29, 1.82) is 0 Å². The van der Waals surface area contributed by atoms with Gasteiger partial charge in [0.15, 0.2) is 5.69 Å². The van der Waals surface area contributed by atoms with Crippen LogP contribution < -0.4 is 5.32 Å². The average molecular weight is 321 g/mol. The molecule has 124 valence electrons. The van der Waals surface area contributed by atoms with Gasteiger partial charge in [0.1, 0.15) is 0 Å². The summed E-state index contributed by atoms with van der Waals surface area (Å²) < 4.78 is 0. The van der Waals surface area contributed by atoms with Crippen molar-refractivity contribution in [2.24, 2.45) is 0 Å². The highest BCUT2D eigenvalue weighted by atomic mass is 16.2. The molecule has 2 aromatic carbocycles. The minimum atomic E-state index is -0.135. The lowest BCUT2D eigenvalue weighted by Gasteiger charge is -2.29. The van der Waals surface area contributed by atoms with Crippen LogP contribution in [0.3, 0.4) is 0 Å². The van der Waals surface area contributed by atoms with Crippen molar-refractivity contribution in [3.63, 3.8) is 0 Å². The Morgan fingerprint density at radius 2 is 1.79 bits per heavy atom. The Bertz CT molecular complexity index is 836. The van der Waals surface area contributed by atoms with Crippen LogP contribution in [0.25, 0.3) is 10.9 Å². The fraction of sp³-hybridized carbons (Fsp3) is 0.300. The summed E-state index contributed by atoms with van der Waals surface area (Å²) in [7, 11) is 0. The highest BCUT2D eigenvalue weighted by Crippen LogP contribution is 2.28. The zero-order chi connectivity index (χ0) is 17.2. The zero-order valence-corrected chi connectivity index (χ0v) is 14.3. The number of carbonyl (C=O) groups excluding carboxylic acids is 1. The van der Waals surface area contributed by atoms with E-state index in [2.05, 4.69) is 53.6 Å². The second kappa shape index (κ2) is 6.48. The third-order valence-electron chi connectivity index (χ3n) is 4.43. The van der Waals surface area contributed by atoms with E-state index in [0.717, 1.165) is 17.3 Å². The molecule has 0 saturated heterocycles. The van der Waals surface area contributed by atoms with Gasteiger partial charge in [-0.05, 0) is 30.4 Å². The van der Waals surface area contributed by atoms with Gasteiger partial charge in [0.05, 0.1) is 5.52 Å². The molecule has 0 bridgehead atoms. The standard InChI is InChI=1S/C20H23N3O/c1-14(13-20(2,3)15-9-5-4-6-10-15)21-19(24)18-16-11-7-8-12-17(16)22-23-18/h4-12,14H,13H2,1-3H3,(H,21,24)(H,22,23)/t14-/m0/s1. The van der Waals surface area contributed by atoms with Crippen LogP contribution in [0.5, 0.6) is 0 Å². The van der Waals surface area contributed by atoms with E-state index in [1.54, 1.807) is 0 Å². The van der Waals surface area contributed by atoms with E-state index < -0.39 is 0 Å². The Kier molecular flexibility index (Phi) is 4.38. The third kappa shape index (κ3) is 3.32. The molecule has 1 heterocycles. The molecule has 3 aromatic rings. The second-order valence-electron chi connectivity index (χ2n) is 6.95. The molecule has 0 aliphatic heterocycles. The molecule has 3 rings (SSSR count).